The van der Waals surface area contributed by atoms with Crippen molar-refractivity contribution in [1.82, 2.24) is 0 Å². The fourth-order valence-electron chi connectivity index (χ4n) is 0.962. The molecule has 1 aromatic rings. The van der Waals surface area contributed by atoms with Crippen LogP contribution in [-0.4, -0.2) is 18.9 Å². The number of carbonyl (C=O) groups is 2. The molecule has 4 heteroatoms. The van der Waals surface area contributed by atoms with E-state index in [1.807, 2.05) is 11.4 Å². The monoisotopic (exact) mass is 198 g/mol. The van der Waals surface area contributed by atoms with E-state index in [2.05, 4.69) is 0 Å². The number of esters is 1. The molecular formula is C9H10O3S. The van der Waals surface area contributed by atoms with Gasteiger partial charge < -0.3 is 4.74 Å². The summed E-state index contributed by atoms with van der Waals surface area (Å²) in [6.07, 6.45) is 1.44. The highest BCUT2D eigenvalue weighted by atomic mass is 32.1. The third-order valence-electron chi connectivity index (χ3n) is 1.56. The van der Waals surface area contributed by atoms with Crippen LogP contribution in [0.4, 0.5) is 0 Å². The van der Waals surface area contributed by atoms with Gasteiger partial charge in [0.05, 0.1) is 11.5 Å². The first kappa shape index (κ1) is 9.92. The van der Waals surface area contributed by atoms with Gasteiger partial charge in [0.25, 0.3) is 0 Å². The second-order valence-electron chi connectivity index (χ2n) is 2.52. The lowest BCUT2D eigenvalue weighted by molar-refractivity contribution is -0.140. The van der Waals surface area contributed by atoms with Crippen LogP contribution < -0.4 is 0 Å². The predicted octanol–water partition coefficient (Wildman–Crippen LogP) is 1.67. The van der Waals surface area contributed by atoms with Gasteiger partial charge in [-0.3, -0.25) is 9.59 Å². The average molecular weight is 198 g/mol. The van der Waals surface area contributed by atoms with E-state index in [-0.39, 0.29) is 5.97 Å². The van der Waals surface area contributed by atoms with Gasteiger partial charge in [-0.2, -0.15) is 0 Å². The molecule has 0 aliphatic rings. The summed E-state index contributed by atoms with van der Waals surface area (Å²) in [5, 5.41) is 1.85. The first-order valence-electron chi connectivity index (χ1n) is 3.89. The van der Waals surface area contributed by atoms with Crippen LogP contribution in [0.15, 0.2) is 11.4 Å². The van der Waals surface area contributed by atoms with Crippen LogP contribution in [-0.2, 0) is 16.0 Å². The van der Waals surface area contributed by atoms with Gasteiger partial charge in [0.2, 0.25) is 0 Å². The van der Waals surface area contributed by atoms with E-state index in [1.165, 1.54) is 18.3 Å². The molecule has 0 saturated heterocycles. The molecule has 0 amide bonds. The van der Waals surface area contributed by atoms with E-state index in [9.17, 15) is 9.59 Å². The summed E-state index contributed by atoms with van der Waals surface area (Å²) in [6.45, 7) is 1.71. The zero-order valence-electron chi connectivity index (χ0n) is 7.28. The number of aldehydes is 1. The molecule has 13 heavy (non-hydrogen) atoms. The van der Waals surface area contributed by atoms with E-state index in [0.717, 1.165) is 11.8 Å². The van der Waals surface area contributed by atoms with Crippen molar-refractivity contribution in [3.05, 3.63) is 21.9 Å². The Morgan fingerprint density at radius 3 is 3.08 bits per heavy atom. The number of ether oxygens (including phenoxy) is 1. The van der Waals surface area contributed by atoms with Crippen molar-refractivity contribution in [1.29, 1.82) is 0 Å². The van der Waals surface area contributed by atoms with Gasteiger partial charge in [-0.15, -0.1) is 11.3 Å². The smallest absolute Gasteiger partial charge is 0.302 e. The zero-order valence-corrected chi connectivity index (χ0v) is 8.10. The molecule has 3 nitrogen and oxygen atoms in total. The van der Waals surface area contributed by atoms with E-state index < -0.39 is 0 Å². The van der Waals surface area contributed by atoms with Crippen molar-refractivity contribution < 1.29 is 14.3 Å². The molecule has 1 rings (SSSR count). The minimum atomic E-state index is -0.289. The largest absolute Gasteiger partial charge is 0.466 e. The van der Waals surface area contributed by atoms with Crippen molar-refractivity contribution in [3.8, 4) is 0 Å². The Labute approximate surface area is 80.3 Å². The van der Waals surface area contributed by atoms with Gasteiger partial charge in [-0.05, 0) is 17.0 Å². The second kappa shape index (κ2) is 4.77. The third-order valence-corrected chi connectivity index (χ3v) is 2.45. The van der Waals surface area contributed by atoms with Crippen LogP contribution in [0.2, 0.25) is 0 Å². The Bertz CT molecular complexity index is 304. The molecule has 1 aromatic heterocycles. The molecule has 0 spiro atoms. The van der Waals surface area contributed by atoms with Crippen molar-refractivity contribution in [2.24, 2.45) is 0 Å². The molecule has 0 saturated carbocycles. The number of hydrogen-bond donors (Lipinski definition) is 0. The Morgan fingerprint density at radius 1 is 1.69 bits per heavy atom. The number of hydrogen-bond acceptors (Lipinski definition) is 4. The SMILES string of the molecule is CC(=O)OCCc1ccsc1C=O. The molecule has 0 fully saturated rings. The Morgan fingerprint density at radius 2 is 2.46 bits per heavy atom. The van der Waals surface area contributed by atoms with Crippen LogP contribution in [0.3, 0.4) is 0 Å². The lowest BCUT2D eigenvalue weighted by Crippen LogP contribution is -2.03. The first-order chi connectivity index (χ1) is 6.24. The molecule has 70 valence electrons. The van der Waals surface area contributed by atoms with Gasteiger partial charge in [0, 0.05) is 13.3 Å². The summed E-state index contributed by atoms with van der Waals surface area (Å²) in [5.74, 6) is -0.289. The van der Waals surface area contributed by atoms with Crippen molar-refractivity contribution in [2.75, 3.05) is 6.61 Å². The molecule has 0 radical (unpaired) electrons. The molecular weight excluding hydrogens is 188 g/mol. The summed E-state index contributed by atoms with van der Waals surface area (Å²) in [7, 11) is 0. The standard InChI is InChI=1S/C9H10O3S/c1-7(11)12-4-2-8-3-5-13-9(8)6-10/h3,5-6H,2,4H2,1H3. The molecule has 0 aliphatic carbocycles. The maximum atomic E-state index is 10.5. The zero-order chi connectivity index (χ0) is 9.68. The highest BCUT2D eigenvalue weighted by Crippen LogP contribution is 2.14. The van der Waals surface area contributed by atoms with Gasteiger partial charge in [-0.1, -0.05) is 0 Å². The Balaban J connectivity index is 2.44. The lowest BCUT2D eigenvalue weighted by atomic mass is 10.2. The van der Waals surface area contributed by atoms with Crippen LogP contribution in [0.1, 0.15) is 22.2 Å². The highest BCUT2D eigenvalue weighted by Gasteiger charge is 2.03. The number of rotatable bonds is 4. The lowest BCUT2D eigenvalue weighted by Gasteiger charge is -2.00. The fourth-order valence-corrected chi connectivity index (χ4v) is 1.72. The number of carbonyl (C=O) groups excluding carboxylic acids is 2. The molecule has 0 aliphatic heterocycles. The van der Waals surface area contributed by atoms with E-state index in [0.29, 0.717) is 17.9 Å². The van der Waals surface area contributed by atoms with Crippen molar-refractivity contribution >= 4 is 23.6 Å². The van der Waals surface area contributed by atoms with Gasteiger partial charge >= 0.3 is 5.97 Å². The van der Waals surface area contributed by atoms with E-state index in [1.54, 1.807) is 0 Å². The van der Waals surface area contributed by atoms with Crippen LogP contribution >= 0.6 is 11.3 Å². The quantitative estimate of drug-likeness (QED) is 0.546. The Hall–Kier alpha value is -1.16. The molecule has 0 atom stereocenters. The fraction of sp³-hybridized carbons (Fsp3) is 0.333. The molecule has 0 aromatic carbocycles. The summed E-state index contributed by atoms with van der Waals surface area (Å²) in [6, 6.07) is 1.87. The molecule has 0 bridgehead atoms. The predicted molar refractivity (Wildman–Crippen MR) is 50.0 cm³/mol. The minimum Gasteiger partial charge on any atom is -0.466 e. The molecule has 0 N–H and O–H groups in total. The van der Waals surface area contributed by atoms with E-state index >= 15 is 0 Å². The van der Waals surface area contributed by atoms with Gasteiger partial charge in [-0.25, -0.2) is 0 Å². The summed E-state index contributed by atoms with van der Waals surface area (Å²) < 4.78 is 4.76. The van der Waals surface area contributed by atoms with Crippen LogP contribution in [0, 0.1) is 0 Å². The van der Waals surface area contributed by atoms with Crippen molar-refractivity contribution in [3.63, 3.8) is 0 Å². The first-order valence-corrected chi connectivity index (χ1v) is 4.77. The van der Waals surface area contributed by atoms with Crippen LogP contribution in [0.25, 0.3) is 0 Å². The van der Waals surface area contributed by atoms with Crippen molar-refractivity contribution in [2.45, 2.75) is 13.3 Å². The van der Waals surface area contributed by atoms with Gasteiger partial charge in [0.15, 0.2) is 6.29 Å². The van der Waals surface area contributed by atoms with E-state index in [4.69, 9.17) is 4.74 Å². The topological polar surface area (TPSA) is 43.4 Å². The summed E-state index contributed by atoms with van der Waals surface area (Å²) >= 11 is 1.40. The van der Waals surface area contributed by atoms with Gasteiger partial charge in [0.1, 0.15) is 0 Å². The summed E-state index contributed by atoms with van der Waals surface area (Å²) in [5.41, 5.74) is 0.946. The third kappa shape index (κ3) is 2.99. The van der Waals surface area contributed by atoms with Crippen LogP contribution in [0.5, 0.6) is 0 Å². The number of thiophene rings is 1. The molecule has 1 heterocycles. The average Bonchev–Trinajstić information content (AvgIpc) is 2.51. The minimum absolute atomic E-state index is 0.289. The maximum absolute atomic E-state index is 10.5. The highest BCUT2D eigenvalue weighted by molar-refractivity contribution is 7.11. The summed E-state index contributed by atoms with van der Waals surface area (Å²) in [4.78, 5) is 21.6. The maximum Gasteiger partial charge on any atom is 0.302 e. The normalized spacial score (nSPS) is 9.62. The molecule has 0 unspecified atom stereocenters. The Kier molecular flexibility index (Phi) is 3.64. The second-order valence-corrected chi connectivity index (χ2v) is 3.47.